The second kappa shape index (κ2) is 7.16. The van der Waals surface area contributed by atoms with Crippen LogP contribution in [0.5, 0.6) is 0 Å². The van der Waals surface area contributed by atoms with Crippen LogP contribution >= 0.6 is 0 Å². The van der Waals surface area contributed by atoms with Crippen LogP contribution in [0.2, 0.25) is 0 Å². The molecule has 18 heavy (non-hydrogen) atoms. The maximum Gasteiger partial charge on any atom is 0.183 e. The number of nitrogen functional groups attached to an aromatic ring is 1. The molecule has 0 aliphatic carbocycles. The van der Waals surface area contributed by atoms with Crippen LogP contribution in [0.25, 0.3) is 0 Å². The molecule has 0 aliphatic heterocycles. The van der Waals surface area contributed by atoms with Gasteiger partial charge in [-0.1, -0.05) is 13.3 Å². The molecule has 4 N–H and O–H groups in total. The number of aliphatic hydroxyl groups excluding tert-OH is 1. The molecule has 0 saturated carbocycles. The maximum absolute atomic E-state index is 13.5. The van der Waals surface area contributed by atoms with Crippen LogP contribution < -0.4 is 11.1 Å². The van der Waals surface area contributed by atoms with Crippen LogP contribution in [0.15, 0.2) is 12.1 Å². The standard InChI is InChI=1S/C13H20F2N2O/c1-2-3-9(6-7-18)8-17-13-11(16)5-4-10(14)12(13)15/h4-5,9,17-18H,2-3,6-8,16H2,1H3. The molecular weight excluding hydrogens is 238 g/mol. The Bertz CT molecular complexity index is 379. The summed E-state index contributed by atoms with van der Waals surface area (Å²) in [5, 5.41) is 11.8. The van der Waals surface area contributed by atoms with Gasteiger partial charge in [0.15, 0.2) is 11.6 Å². The normalized spacial score (nSPS) is 12.4. The van der Waals surface area contributed by atoms with Gasteiger partial charge in [-0.2, -0.15) is 0 Å². The van der Waals surface area contributed by atoms with Gasteiger partial charge in [-0.25, -0.2) is 8.78 Å². The van der Waals surface area contributed by atoms with Crippen molar-refractivity contribution < 1.29 is 13.9 Å². The first-order valence-electron chi connectivity index (χ1n) is 6.18. The minimum absolute atomic E-state index is 0.00837. The summed E-state index contributed by atoms with van der Waals surface area (Å²) < 4.78 is 26.6. The number of benzene rings is 1. The molecule has 0 saturated heterocycles. The number of aliphatic hydroxyl groups is 1. The molecule has 0 aliphatic rings. The zero-order valence-electron chi connectivity index (χ0n) is 10.5. The molecule has 1 rings (SSSR count). The molecule has 0 heterocycles. The van der Waals surface area contributed by atoms with Crippen molar-refractivity contribution in [3.8, 4) is 0 Å². The number of rotatable bonds is 7. The average Bonchev–Trinajstić information content (AvgIpc) is 2.34. The van der Waals surface area contributed by atoms with E-state index in [1.165, 1.54) is 6.07 Å². The van der Waals surface area contributed by atoms with E-state index in [0.717, 1.165) is 18.9 Å². The Hall–Kier alpha value is -1.36. The van der Waals surface area contributed by atoms with Crippen LogP contribution in [0.4, 0.5) is 20.2 Å². The Kier molecular flexibility index (Phi) is 5.85. The molecule has 5 heteroatoms. The van der Waals surface area contributed by atoms with Crippen molar-refractivity contribution >= 4 is 11.4 Å². The molecule has 102 valence electrons. The Morgan fingerprint density at radius 2 is 2.06 bits per heavy atom. The summed E-state index contributed by atoms with van der Waals surface area (Å²) in [5.41, 5.74) is 5.80. The van der Waals surface area contributed by atoms with E-state index in [4.69, 9.17) is 10.8 Å². The van der Waals surface area contributed by atoms with E-state index in [1.54, 1.807) is 0 Å². The largest absolute Gasteiger partial charge is 0.397 e. The number of halogens is 2. The van der Waals surface area contributed by atoms with E-state index >= 15 is 0 Å². The van der Waals surface area contributed by atoms with Gasteiger partial charge < -0.3 is 16.2 Å². The topological polar surface area (TPSA) is 58.3 Å². The summed E-state index contributed by atoms with van der Waals surface area (Å²) in [7, 11) is 0. The molecule has 0 bridgehead atoms. The van der Waals surface area contributed by atoms with E-state index in [9.17, 15) is 8.78 Å². The van der Waals surface area contributed by atoms with Crippen molar-refractivity contribution in [2.75, 3.05) is 24.2 Å². The number of hydrogen-bond acceptors (Lipinski definition) is 3. The fraction of sp³-hybridized carbons (Fsp3) is 0.538. The Balaban J connectivity index is 2.69. The van der Waals surface area contributed by atoms with E-state index in [2.05, 4.69) is 5.32 Å². The summed E-state index contributed by atoms with van der Waals surface area (Å²) in [6, 6.07) is 2.34. The van der Waals surface area contributed by atoms with Gasteiger partial charge in [0.1, 0.15) is 0 Å². The lowest BCUT2D eigenvalue weighted by atomic mass is 10.00. The molecule has 0 aromatic heterocycles. The summed E-state index contributed by atoms with van der Waals surface area (Å²) in [5.74, 6) is -1.64. The Labute approximate surface area is 106 Å². The van der Waals surface area contributed by atoms with Gasteiger partial charge >= 0.3 is 0 Å². The molecule has 0 amide bonds. The third-order valence-electron chi connectivity index (χ3n) is 2.93. The highest BCUT2D eigenvalue weighted by atomic mass is 19.2. The number of nitrogens with one attached hydrogen (secondary N) is 1. The van der Waals surface area contributed by atoms with Crippen LogP contribution in [0.3, 0.4) is 0 Å². The van der Waals surface area contributed by atoms with E-state index in [0.29, 0.717) is 13.0 Å². The fourth-order valence-corrected chi connectivity index (χ4v) is 1.93. The maximum atomic E-state index is 13.5. The molecule has 0 radical (unpaired) electrons. The predicted octanol–water partition coefficient (Wildman–Crippen LogP) is 2.76. The summed E-state index contributed by atoms with van der Waals surface area (Å²) in [4.78, 5) is 0. The smallest absolute Gasteiger partial charge is 0.183 e. The molecule has 1 aromatic carbocycles. The number of nitrogens with two attached hydrogens (primary N) is 1. The van der Waals surface area contributed by atoms with E-state index in [-0.39, 0.29) is 23.9 Å². The van der Waals surface area contributed by atoms with Crippen LogP contribution in [-0.4, -0.2) is 18.3 Å². The second-order valence-corrected chi connectivity index (χ2v) is 4.37. The summed E-state index contributed by atoms with van der Waals surface area (Å²) in [6.45, 7) is 2.61. The summed E-state index contributed by atoms with van der Waals surface area (Å²) >= 11 is 0. The third-order valence-corrected chi connectivity index (χ3v) is 2.93. The van der Waals surface area contributed by atoms with E-state index < -0.39 is 11.6 Å². The fourth-order valence-electron chi connectivity index (χ4n) is 1.93. The Morgan fingerprint density at radius 3 is 2.67 bits per heavy atom. The van der Waals surface area contributed by atoms with Crippen molar-refractivity contribution in [3.05, 3.63) is 23.8 Å². The Morgan fingerprint density at radius 1 is 1.33 bits per heavy atom. The molecule has 1 atom stereocenters. The van der Waals surface area contributed by atoms with Gasteiger partial charge in [-0.15, -0.1) is 0 Å². The van der Waals surface area contributed by atoms with E-state index in [1.807, 2.05) is 6.92 Å². The zero-order valence-corrected chi connectivity index (χ0v) is 10.5. The molecule has 0 spiro atoms. The van der Waals surface area contributed by atoms with Gasteiger partial charge in [0.25, 0.3) is 0 Å². The van der Waals surface area contributed by atoms with Crippen molar-refractivity contribution in [2.45, 2.75) is 26.2 Å². The lowest BCUT2D eigenvalue weighted by Crippen LogP contribution is -2.17. The van der Waals surface area contributed by atoms with Crippen molar-refractivity contribution in [1.82, 2.24) is 0 Å². The number of anilines is 2. The monoisotopic (exact) mass is 258 g/mol. The average molecular weight is 258 g/mol. The molecule has 1 unspecified atom stereocenters. The lowest BCUT2D eigenvalue weighted by Gasteiger charge is -2.18. The zero-order chi connectivity index (χ0) is 13.5. The SMILES string of the molecule is CCCC(CCO)CNc1c(N)ccc(F)c1F. The van der Waals surface area contributed by atoms with Gasteiger partial charge in [0.2, 0.25) is 0 Å². The first-order chi connectivity index (χ1) is 8.60. The molecule has 0 fully saturated rings. The highest BCUT2D eigenvalue weighted by Gasteiger charge is 2.13. The van der Waals surface area contributed by atoms with Gasteiger partial charge in [0, 0.05) is 13.2 Å². The molecule has 1 aromatic rings. The van der Waals surface area contributed by atoms with Gasteiger partial charge in [-0.3, -0.25) is 0 Å². The molecule has 3 nitrogen and oxygen atoms in total. The predicted molar refractivity (Wildman–Crippen MR) is 69.4 cm³/mol. The number of hydrogen-bond donors (Lipinski definition) is 3. The second-order valence-electron chi connectivity index (χ2n) is 4.37. The minimum atomic E-state index is -0.950. The highest BCUT2D eigenvalue weighted by Crippen LogP contribution is 2.25. The summed E-state index contributed by atoms with van der Waals surface area (Å²) in [6.07, 6.45) is 2.54. The lowest BCUT2D eigenvalue weighted by molar-refractivity contribution is 0.255. The van der Waals surface area contributed by atoms with Crippen molar-refractivity contribution in [2.24, 2.45) is 5.92 Å². The quantitative estimate of drug-likeness (QED) is 0.659. The van der Waals surface area contributed by atoms with Crippen molar-refractivity contribution in [3.63, 3.8) is 0 Å². The first kappa shape index (κ1) is 14.7. The third kappa shape index (κ3) is 3.84. The minimum Gasteiger partial charge on any atom is -0.397 e. The highest BCUT2D eigenvalue weighted by molar-refractivity contribution is 5.66. The van der Waals surface area contributed by atoms with Crippen LogP contribution in [0, 0.1) is 17.6 Å². The molecular formula is C13H20F2N2O. The van der Waals surface area contributed by atoms with Crippen molar-refractivity contribution in [1.29, 1.82) is 0 Å². The first-order valence-corrected chi connectivity index (χ1v) is 6.18. The van der Waals surface area contributed by atoms with Crippen LogP contribution in [-0.2, 0) is 0 Å². The van der Waals surface area contributed by atoms with Gasteiger partial charge in [-0.05, 0) is 30.9 Å². The van der Waals surface area contributed by atoms with Gasteiger partial charge in [0.05, 0.1) is 11.4 Å². The van der Waals surface area contributed by atoms with Crippen LogP contribution in [0.1, 0.15) is 26.2 Å².